The molecule has 0 aliphatic carbocycles. The Morgan fingerprint density at radius 1 is 1.17 bits per heavy atom. The van der Waals surface area contributed by atoms with E-state index in [0.29, 0.717) is 18.0 Å². The smallest absolute Gasteiger partial charge is 0.254 e. The lowest BCUT2D eigenvalue weighted by Gasteiger charge is -2.28. The molecule has 0 radical (unpaired) electrons. The second-order valence-corrected chi connectivity index (χ2v) is 6.52. The summed E-state index contributed by atoms with van der Waals surface area (Å²) in [6.45, 7) is 3.25. The molecule has 2 aliphatic heterocycles. The molecule has 2 unspecified atom stereocenters. The number of carbonyl (C=O) groups excluding carboxylic acids is 2. The number of rotatable bonds is 4. The van der Waals surface area contributed by atoms with E-state index < -0.39 is 0 Å². The number of carbonyl (C=O) groups is 2. The minimum absolute atomic E-state index is 0. The lowest BCUT2D eigenvalue weighted by Crippen LogP contribution is -2.47. The van der Waals surface area contributed by atoms with Crippen LogP contribution in [0.5, 0.6) is 0 Å². The molecule has 132 valence electrons. The maximum Gasteiger partial charge on any atom is 0.254 e. The van der Waals surface area contributed by atoms with Crippen LogP contribution in [-0.4, -0.2) is 60.9 Å². The summed E-state index contributed by atoms with van der Waals surface area (Å²) in [6, 6.07) is 8.99. The molecule has 2 aliphatic rings. The van der Waals surface area contributed by atoms with Gasteiger partial charge >= 0.3 is 0 Å². The van der Waals surface area contributed by atoms with Crippen molar-refractivity contribution in [3.63, 3.8) is 0 Å². The van der Waals surface area contributed by atoms with Crippen molar-refractivity contribution in [1.29, 1.82) is 0 Å². The first-order valence-corrected chi connectivity index (χ1v) is 8.50. The third-order valence-electron chi connectivity index (χ3n) is 4.91. The van der Waals surface area contributed by atoms with E-state index in [9.17, 15) is 9.59 Å². The first-order valence-electron chi connectivity index (χ1n) is 8.50. The molecule has 24 heavy (non-hydrogen) atoms. The molecule has 3 rings (SSSR count). The van der Waals surface area contributed by atoms with Gasteiger partial charge in [-0.2, -0.15) is 0 Å². The van der Waals surface area contributed by atoms with Gasteiger partial charge in [-0.25, -0.2) is 0 Å². The molecule has 2 atom stereocenters. The van der Waals surface area contributed by atoms with Crippen LogP contribution in [0.1, 0.15) is 29.6 Å². The van der Waals surface area contributed by atoms with Gasteiger partial charge in [-0.3, -0.25) is 9.59 Å². The summed E-state index contributed by atoms with van der Waals surface area (Å²) < 4.78 is 0. The number of nitrogens with one attached hydrogen (secondary N) is 1. The average molecular weight is 352 g/mol. The van der Waals surface area contributed by atoms with Gasteiger partial charge in [0, 0.05) is 25.2 Å². The third-order valence-corrected chi connectivity index (χ3v) is 4.91. The lowest BCUT2D eigenvalue weighted by molar-refractivity contribution is -0.134. The molecule has 0 aromatic heterocycles. The summed E-state index contributed by atoms with van der Waals surface area (Å²) in [7, 11) is 1.95. The zero-order valence-corrected chi connectivity index (χ0v) is 14.9. The van der Waals surface area contributed by atoms with E-state index in [1.807, 2.05) is 42.3 Å². The van der Waals surface area contributed by atoms with E-state index in [1.165, 1.54) is 0 Å². The van der Waals surface area contributed by atoms with E-state index in [-0.39, 0.29) is 30.3 Å². The Labute approximate surface area is 149 Å². The van der Waals surface area contributed by atoms with Crippen molar-refractivity contribution in [2.45, 2.75) is 25.3 Å². The SMILES string of the molecule is CNCC1CCN(C(=O)C2CCCN2C(=O)c2ccccc2)C1.Cl. The van der Waals surface area contributed by atoms with E-state index >= 15 is 0 Å². The van der Waals surface area contributed by atoms with Crippen LogP contribution < -0.4 is 5.32 Å². The molecule has 2 amide bonds. The number of hydrogen-bond donors (Lipinski definition) is 1. The largest absolute Gasteiger partial charge is 0.341 e. The molecule has 1 aromatic carbocycles. The highest BCUT2D eigenvalue weighted by molar-refractivity contribution is 5.98. The van der Waals surface area contributed by atoms with Gasteiger partial charge in [0.1, 0.15) is 6.04 Å². The number of hydrogen-bond acceptors (Lipinski definition) is 3. The molecule has 0 spiro atoms. The van der Waals surface area contributed by atoms with Gasteiger partial charge in [0.2, 0.25) is 5.91 Å². The van der Waals surface area contributed by atoms with Crippen LogP contribution in [0.25, 0.3) is 0 Å². The molecule has 2 fully saturated rings. The summed E-state index contributed by atoms with van der Waals surface area (Å²) in [5.41, 5.74) is 0.668. The van der Waals surface area contributed by atoms with E-state index in [0.717, 1.165) is 38.9 Å². The minimum Gasteiger partial charge on any atom is -0.341 e. The summed E-state index contributed by atoms with van der Waals surface area (Å²) in [5.74, 6) is 0.640. The van der Waals surface area contributed by atoms with Gasteiger partial charge in [0.25, 0.3) is 5.91 Å². The zero-order valence-electron chi connectivity index (χ0n) is 14.1. The van der Waals surface area contributed by atoms with Crippen molar-refractivity contribution in [3.8, 4) is 0 Å². The van der Waals surface area contributed by atoms with Gasteiger partial charge in [0.15, 0.2) is 0 Å². The van der Waals surface area contributed by atoms with Gasteiger partial charge in [-0.05, 0) is 50.9 Å². The normalized spacial score (nSPS) is 23.2. The van der Waals surface area contributed by atoms with Gasteiger partial charge in [-0.15, -0.1) is 12.4 Å². The Kier molecular flexibility index (Phi) is 6.63. The number of benzene rings is 1. The van der Waals surface area contributed by atoms with Crippen molar-refractivity contribution in [2.24, 2.45) is 5.92 Å². The van der Waals surface area contributed by atoms with Crippen molar-refractivity contribution < 1.29 is 9.59 Å². The predicted octanol–water partition coefficient (Wildman–Crippen LogP) is 1.78. The molecular weight excluding hydrogens is 326 g/mol. The first-order chi connectivity index (χ1) is 11.2. The van der Waals surface area contributed by atoms with Crippen LogP contribution in [0.3, 0.4) is 0 Å². The number of likely N-dealkylation sites (tertiary alicyclic amines) is 2. The van der Waals surface area contributed by atoms with Gasteiger partial charge < -0.3 is 15.1 Å². The number of nitrogens with zero attached hydrogens (tertiary/aromatic N) is 2. The fourth-order valence-electron chi connectivity index (χ4n) is 3.71. The first kappa shape index (κ1) is 18.7. The van der Waals surface area contributed by atoms with Crippen LogP contribution in [0.4, 0.5) is 0 Å². The number of halogens is 1. The molecule has 2 saturated heterocycles. The fourth-order valence-corrected chi connectivity index (χ4v) is 3.71. The van der Waals surface area contributed by atoms with Crippen molar-refractivity contribution >= 4 is 24.2 Å². The van der Waals surface area contributed by atoms with Crippen LogP contribution >= 0.6 is 12.4 Å². The monoisotopic (exact) mass is 351 g/mol. The van der Waals surface area contributed by atoms with Crippen LogP contribution in [0.15, 0.2) is 30.3 Å². The Morgan fingerprint density at radius 2 is 1.92 bits per heavy atom. The summed E-state index contributed by atoms with van der Waals surface area (Å²) in [6.07, 6.45) is 2.74. The summed E-state index contributed by atoms with van der Waals surface area (Å²) in [4.78, 5) is 29.3. The molecule has 0 bridgehead atoms. The van der Waals surface area contributed by atoms with Crippen LogP contribution in [0, 0.1) is 5.92 Å². The molecular formula is C18H26ClN3O2. The molecule has 2 heterocycles. The maximum absolute atomic E-state index is 12.9. The molecule has 6 heteroatoms. The second kappa shape index (κ2) is 8.49. The molecule has 0 saturated carbocycles. The molecule has 1 N–H and O–H groups in total. The number of amides is 2. The quantitative estimate of drug-likeness (QED) is 0.899. The van der Waals surface area contributed by atoms with Crippen molar-refractivity contribution in [1.82, 2.24) is 15.1 Å². The molecule has 5 nitrogen and oxygen atoms in total. The molecule has 1 aromatic rings. The highest BCUT2D eigenvalue weighted by Gasteiger charge is 2.38. The van der Waals surface area contributed by atoms with E-state index in [2.05, 4.69) is 5.32 Å². The Hall–Kier alpha value is -1.59. The van der Waals surface area contributed by atoms with Gasteiger partial charge in [0.05, 0.1) is 0 Å². The highest BCUT2D eigenvalue weighted by Crippen LogP contribution is 2.25. The van der Waals surface area contributed by atoms with Gasteiger partial charge in [-0.1, -0.05) is 18.2 Å². The topological polar surface area (TPSA) is 52.7 Å². The second-order valence-electron chi connectivity index (χ2n) is 6.52. The van der Waals surface area contributed by atoms with E-state index in [1.54, 1.807) is 4.90 Å². The lowest BCUT2D eigenvalue weighted by atomic mass is 10.1. The Balaban J connectivity index is 0.00000208. The highest BCUT2D eigenvalue weighted by atomic mass is 35.5. The van der Waals surface area contributed by atoms with Crippen molar-refractivity contribution in [3.05, 3.63) is 35.9 Å². The zero-order chi connectivity index (χ0) is 16.2. The van der Waals surface area contributed by atoms with E-state index in [4.69, 9.17) is 0 Å². The van der Waals surface area contributed by atoms with Crippen LogP contribution in [-0.2, 0) is 4.79 Å². The van der Waals surface area contributed by atoms with Crippen LogP contribution in [0.2, 0.25) is 0 Å². The predicted molar refractivity (Wildman–Crippen MR) is 96.4 cm³/mol. The maximum atomic E-state index is 12.9. The fraction of sp³-hybridized carbons (Fsp3) is 0.556. The third kappa shape index (κ3) is 3.90. The summed E-state index contributed by atoms with van der Waals surface area (Å²) >= 11 is 0. The Bertz CT molecular complexity index is 567. The van der Waals surface area contributed by atoms with Crippen molar-refractivity contribution in [2.75, 3.05) is 33.2 Å². The average Bonchev–Trinajstić information content (AvgIpc) is 3.24. The standard InChI is InChI=1S/C18H25N3O2.ClH/c1-19-12-14-9-11-20(13-14)18(23)16-8-5-10-21(16)17(22)15-6-3-2-4-7-15;/h2-4,6-7,14,16,19H,5,8-13H2,1H3;1H. The Morgan fingerprint density at radius 3 is 2.62 bits per heavy atom. The summed E-state index contributed by atoms with van der Waals surface area (Å²) in [5, 5.41) is 3.18. The minimum atomic E-state index is -0.281.